The molecule has 0 spiro atoms. The lowest BCUT2D eigenvalue weighted by Gasteiger charge is -2.35. The average Bonchev–Trinajstić information content (AvgIpc) is 3.13. The highest BCUT2D eigenvalue weighted by Crippen LogP contribution is 2.21. The zero-order chi connectivity index (χ0) is 18.5. The van der Waals surface area contributed by atoms with Crippen molar-refractivity contribution < 1.29 is 4.74 Å². The topological polar surface area (TPSA) is 31.5 Å². The third kappa shape index (κ3) is 4.34. The molecule has 142 valence electrons. The van der Waals surface area contributed by atoms with Gasteiger partial charge in [0.1, 0.15) is 5.75 Å². The number of hydrogen-bond acceptors (Lipinski definition) is 3. The van der Waals surface area contributed by atoms with E-state index in [0.29, 0.717) is 0 Å². The first kappa shape index (κ1) is 18.1. The number of fused-ring (bicyclic) bond motifs is 1. The number of aryl methyl sites for hydroxylation is 1. The molecule has 3 aromatic rings. The fourth-order valence-corrected chi connectivity index (χ4v) is 4.08. The summed E-state index contributed by atoms with van der Waals surface area (Å²) >= 11 is 0. The van der Waals surface area contributed by atoms with Gasteiger partial charge in [-0.2, -0.15) is 0 Å². The molecule has 27 heavy (non-hydrogen) atoms. The van der Waals surface area contributed by atoms with E-state index in [2.05, 4.69) is 63.4 Å². The van der Waals surface area contributed by atoms with E-state index < -0.39 is 0 Å². The standard InChI is InChI=1S/C23H29N3O/c1-27-23-11-5-2-7-20(23)18-26-15-13-25(14-16-26)12-6-8-19-17-24-22-10-4-3-9-21(19)22/h2-5,7,9-11,17,24H,6,8,12-16,18H2,1H3. The summed E-state index contributed by atoms with van der Waals surface area (Å²) in [7, 11) is 1.75. The van der Waals surface area contributed by atoms with Gasteiger partial charge in [-0.1, -0.05) is 36.4 Å². The molecule has 2 aromatic carbocycles. The van der Waals surface area contributed by atoms with Gasteiger partial charge in [-0.05, 0) is 37.1 Å². The Balaban J connectivity index is 1.23. The van der Waals surface area contributed by atoms with Gasteiger partial charge in [-0.15, -0.1) is 0 Å². The fraction of sp³-hybridized carbons (Fsp3) is 0.391. The molecule has 1 N–H and O–H groups in total. The lowest BCUT2D eigenvalue weighted by atomic mass is 10.1. The third-order valence-electron chi connectivity index (χ3n) is 5.65. The third-order valence-corrected chi connectivity index (χ3v) is 5.65. The number of ether oxygens (including phenoxy) is 1. The highest BCUT2D eigenvalue weighted by atomic mass is 16.5. The van der Waals surface area contributed by atoms with Crippen molar-refractivity contribution in [2.75, 3.05) is 39.8 Å². The summed E-state index contributed by atoms with van der Waals surface area (Å²) < 4.78 is 5.49. The van der Waals surface area contributed by atoms with Crippen LogP contribution in [0.4, 0.5) is 0 Å². The smallest absolute Gasteiger partial charge is 0.123 e. The Morgan fingerprint density at radius 1 is 0.889 bits per heavy atom. The van der Waals surface area contributed by atoms with Crippen molar-refractivity contribution in [2.45, 2.75) is 19.4 Å². The number of H-pyrrole nitrogens is 1. The van der Waals surface area contributed by atoms with Crippen molar-refractivity contribution in [3.63, 3.8) is 0 Å². The minimum atomic E-state index is 0.979. The van der Waals surface area contributed by atoms with E-state index in [4.69, 9.17) is 4.74 Å². The summed E-state index contributed by atoms with van der Waals surface area (Å²) in [5, 5.41) is 1.37. The second-order valence-corrected chi connectivity index (χ2v) is 7.39. The van der Waals surface area contributed by atoms with E-state index >= 15 is 0 Å². The molecule has 1 aromatic heterocycles. The Hall–Kier alpha value is -2.30. The number of para-hydroxylation sites is 2. The molecule has 0 amide bonds. The van der Waals surface area contributed by atoms with Gasteiger partial charge in [-0.25, -0.2) is 0 Å². The summed E-state index contributed by atoms with van der Waals surface area (Å²) in [6.07, 6.45) is 4.54. The molecule has 1 saturated heterocycles. The zero-order valence-corrected chi connectivity index (χ0v) is 16.2. The van der Waals surface area contributed by atoms with Crippen LogP contribution in [0.5, 0.6) is 5.75 Å². The predicted octanol–water partition coefficient (Wildman–Crippen LogP) is 3.93. The second kappa shape index (κ2) is 8.59. The normalized spacial score (nSPS) is 16.0. The number of aromatic amines is 1. The first-order valence-electron chi connectivity index (χ1n) is 9.95. The van der Waals surface area contributed by atoms with Gasteiger partial charge < -0.3 is 14.6 Å². The van der Waals surface area contributed by atoms with Crippen molar-refractivity contribution in [1.29, 1.82) is 0 Å². The lowest BCUT2D eigenvalue weighted by Crippen LogP contribution is -2.46. The predicted molar refractivity (Wildman–Crippen MR) is 111 cm³/mol. The van der Waals surface area contributed by atoms with Crippen LogP contribution in [-0.2, 0) is 13.0 Å². The number of aromatic nitrogens is 1. The highest BCUT2D eigenvalue weighted by Gasteiger charge is 2.17. The molecule has 0 saturated carbocycles. The van der Waals surface area contributed by atoms with Crippen LogP contribution in [0.1, 0.15) is 17.5 Å². The first-order chi connectivity index (χ1) is 13.3. The summed E-state index contributed by atoms with van der Waals surface area (Å²) in [6.45, 7) is 6.73. The van der Waals surface area contributed by atoms with E-state index in [9.17, 15) is 0 Å². The maximum Gasteiger partial charge on any atom is 0.123 e. The Bertz CT molecular complexity index is 865. The maximum atomic E-state index is 5.49. The van der Waals surface area contributed by atoms with E-state index in [1.165, 1.54) is 35.0 Å². The molecule has 4 heteroatoms. The lowest BCUT2D eigenvalue weighted by molar-refractivity contribution is 0.125. The minimum absolute atomic E-state index is 0.979. The Kier molecular flexibility index (Phi) is 5.75. The molecule has 4 nitrogen and oxygen atoms in total. The maximum absolute atomic E-state index is 5.49. The minimum Gasteiger partial charge on any atom is -0.496 e. The largest absolute Gasteiger partial charge is 0.496 e. The molecule has 4 rings (SSSR count). The number of hydrogen-bond donors (Lipinski definition) is 1. The van der Waals surface area contributed by atoms with Gasteiger partial charge in [0, 0.05) is 55.4 Å². The van der Waals surface area contributed by atoms with E-state index in [-0.39, 0.29) is 0 Å². The Morgan fingerprint density at radius 3 is 2.48 bits per heavy atom. The van der Waals surface area contributed by atoms with Crippen LogP contribution in [0.3, 0.4) is 0 Å². The zero-order valence-electron chi connectivity index (χ0n) is 16.2. The molecule has 1 aliphatic heterocycles. The second-order valence-electron chi connectivity index (χ2n) is 7.39. The number of methoxy groups -OCH3 is 1. The Labute approximate surface area is 161 Å². The summed E-state index contributed by atoms with van der Waals surface area (Å²) in [4.78, 5) is 8.52. The van der Waals surface area contributed by atoms with Gasteiger partial charge in [0.25, 0.3) is 0 Å². The van der Waals surface area contributed by atoms with Crippen molar-refractivity contribution in [1.82, 2.24) is 14.8 Å². The van der Waals surface area contributed by atoms with Crippen molar-refractivity contribution in [2.24, 2.45) is 0 Å². The molecule has 0 atom stereocenters. The number of benzene rings is 2. The molecular weight excluding hydrogens is 334 g/mol. The monoisotopic (exact) mass is 363 g/mol. The number of nitrogens with zero attached hydrogens (tertiary/aromatic N) is 2. The van der Waals surface area contributed by atoms with Crippen LogP contribution in [0.25, 0.3) is 10.9 Å². The van der Waals surface area contributed by atoms with Crippen LogP contribution in [0.15, 0.2) is 54.7 Å². The van der Waals surface area contributed by atoms with Crippen LogP contribution < -0.4 is 4.74 Å². The number of piperazine rings is 1. The molecular formula is C23H29N3O. The SMILES string of the molecule is COc1ccccc1CN1CCN(CCCc2c[nH]c3ccccc23)CC1. The van der Waals surface area contributed by atoms with E-state index in [1.807, 2.05) is 6.07 Å². The van der Waals surface area contributed by atoms with E-state index in [1.54, 1.807) is 7.11 Å². The van der Waals surface area contributed by atoms with Crippen molar-refractivity contribution in [3.05, 3.63) is 65.9 Å². The van der Waals surface area contributed by atoms with E-state index in [0.717, 1.165) is 44.9 Å². The van der Waals surface area contributed by atoms with Gasteiger partial charge in [0.15, 0.2) is 0 Å². The summed E-state index contributed by atoms with van der Waals surface area (Å²) in [6, 6.07) is 16.9. The van der Waals surface area contributed by atoms with Gasteiger partial charge in [0.2, 0.25) is 0 Å². The fourth-order valence-electron chi connectivity index (χ4n) is 4.08. The van der Waals surface area contributed by atoms with Crippen LogP contribution in [0, 0.1) is 0 Å². The number of nitrogens with one attached hydrogen (secondary N) is 1. The molecule has 0 radical (unpaired) electrons. The van der Waals surface area contributed by atoms with Crippen LogP contribution >= 0.6 is 0 Å². The summed E-state index contributed by atoms with van der Waals surface area (Å²) in [5.41, 5.74) is 3.98. The molecule has 2 heterocycles. The van der Waals surface area contributed by atoms with Crippen molar-refractivity contribution >= 4 is 10.9 Å². The van der Waals surface area contributed by atoms with Gasteiger partial charge in [-0.3, -0.25) is 4.90 Å². The average molecular weight is 364 g/mol. The summed E-state index contributed by atoms with van der Waals surface area (Å²) in [5.74, 6) is 0.999. The van der Waals surface area contributed by atoms with Gasteiger partial charge >= 0.3 is 0 Å². The van der Waals surface area contributed by atoms with Gasteiger partial charge in [0.05, 0.1) is 7.11 Å². The highest BCUT2D eigenvalue weighted by molar-refractivity contribution is 5.82. The van der Waals surface area contributed by atoms with Crippen LogP contribution in [0.2, 0.25) is 0 Å². The van der Waals surface area contributed by atoms with Crippen molar-refractivity contribution in [3.8, 4) is 5.75 Å². The first-order valence-corrected chi connectivity index (χ1v) is 9.95. The Morgan fingerprint density at radius 2 is 1.63 bits per heavy atom. The quantitative estimate of drug-likeness (QED) is 0.690. The molecule has 0 unspecified atom stereocenters. The number of rotatable bonds is 7. The molecule has 0 aliphatic carbocycles. The van der Waals surface area contributed by atoms with Crippen LogP contribution in [-0.4, -0.2) is 54.6 Å². The molecule has 0 bridgehead atoms. The molecule has 1 fully saturated rings. The molecule has 1 aliphatic rings.